The Hall–Kier alpha value is -0.860. The molecule has 2 nitrogen and oxygen atoms in total. The molecule has 1 saturated carbocycles. The smallest absolute Gasteiger partial charge is 0.0409 e. The van der Waals surface area contributed by atoms with Gasteiger partial charge in [-0.05, 0) is 62.6 Å². The van der Waals surface area contributed by atoms with Gasteiger partial charge in [-0.15, -0.1) is 0 Å². The maximum atomic E-state index is 7.04. The third kappa shape index (κ3) is 7.19. The van der Waals surface area contributed by atoms with Crippen LogP contribution in [-0.4, -0.2) is 13.1 Å². The van der Waals surface area contributed by atoms with Crippen LogP contribution in [0.1, 0.15) is 121 Å². The molecule has 1 fully saturated rings. The zero-order chi connectivity index (χ0) is 20.2. The Morgan fingerprint density at radius 2 is 1.36 bits per heavy atom. The summed E-state index contributed by atoms with van der Waals surface area (Å²) in [5, 5.41) is 3.45. The molecular formula is C26H46N2. The molecule has 3 N–H and O–H groups in total. The van der Waals surface area contributed by atoms with Gasteiger partial charge in [0.25, 0.3) is 0 Å². The molecule has 0 aromatic heterocycles. The predicted octanol–water partition coefficient (Wildman–Crippen LogP) is 7.03. The maximum Gasteiger partial charge on any atom is 0.0409 e. The normalized spacial score (nSPS) is 20.4. The number of hydrogen-bond acceptors (Lipinski definition) is 2. The summed E-state index contributed by atoms with van der Waals surface area (Å²) in [4.78, 5) is 0. The van der Waals surface area contributed by atoms with E-state index in [2.05, 4.69) is 50.5 Å². The monoisotopic (exact) mass is 386 g/mol. The Balaban J connectivity index is 2.00. The first-order valence-corrected chi connectivity index (χ1v) is 12.2. The van der Waals surface area contributed by atoms with Gasteiger partial charge in [0, 0.05) is 11.6 Å². The van der Waals surface area contributed by atoms with E-state index >= 15 is 0 Å². The van der Waals surface area contributed by atoms with Crippen molar-refractivity contribution in [2.75, 3.05) is 7.05 Å². The minimum Gasteiger partial charge on any atom is -0.321 e. The summed E-state index contributed by atoms with van der Waals surface area (Å²) in [7, 11) is 2.10. The molecule has 0 atom stereocenters. The van der Waals surface area contributed by atoms with E-state index in [9.17, 15) is 0 Å². The number of benzene rings is 1. The molecular weight excluding hydrogens is 340 g/mol. The van der Waals surface area contributed by atoms with Crippen molar-refractivity contribution in [3.05, 3.63) is 35.4 Å². The molecule has 1 aliphatic rings. The van der Waals surface area contributed by atoms with Gasteiger partial charge in [-0.1, -0.05) is 89.5 Å². The van der Waals surface area contributed by atoms with Gasteiger partial charge >= 0.3 is 0 Å². The summed E-state index contributed by atoms with van der Waals surface area (Å²) >= 11 is 0. The largest absolute Gasteiger partial charge is 0.321 e. The Morgan fingerprint density at radius 3 is 1.82 bits per heavy atom. The molecule has 160 valence electrons. The number of hydrogen-bond donors (Lipinski definition) is 2. The highest BCUT2D eigenvalue weighted by Crippen LogP contribution is 2.35. The second-order valence-electron chi connectivity index (χ2n) is 9.24. The van der Waals surface area contributed by atoms with Gasteiger partial charge in [0.05, 0.1) is 0 Å². The molecule has 0 spiro atoms. The molecule has 1 aromatic carbocycles. The molecule has 0 saturated heterocycles. The Bertz CT molecular complexity index is 502. The number of nitrogens with two attached hydrogens (primary N) is 1. The van der Waals surface area contributed by atoms with Crippen molar-refractivity contribution in [1.29, 1.82) is 0 Å². The fourth-order valence-electron chi connectivity index (χ4n) is 4.95. The topological polar surface area (TPSA) is 38.0 Å². The summed E-state index contributed by atoms with van der Waals surface area (Å²) in [5.74, 6) is 0.736. The first kappa shape index (κ1) is 23.4. The predicted molar refractivity (Wildman–Crippen MR) is 124 cm³/mol. The second-order valence-corrected chi connectivity index (χ2v) is 9.24. The quantitative estimate of drug-likeness (QED) is 0.357. The van der Waals surface area contributed by atoms with E-state index in [1.807, 2.05) is 0 Å². The van der Waals surface area contributed by atoms with E-state index in [1.54, 1.807) is 0 Å². The fourth-order valence-corrected chi connectivity index (χ4v) is 4.95. The van der Waals surface area contributed by atoms with E-state index in [0.29, 0.717) is 0 Å². The summed E-state index contributed by atoms with van der Waals surface area (Å²) < 4.78 is 0. The standard InChI is InChI=1S/C26H46N2/c1-4-6-8-10-20-26(27,21-11-9-7-5-2)24-16-12-22(13-17-24)23-14-18-25(28-3)19-15-23/h12-13,16-17,23,25,28H,4-11,14-15,18-21,27H2,1-3H3. The molecule has 0 unspecified atom stereocenters. The zero-order valence-corrected chi connectivity index (χ0v) is 18.9. The van der Waals surface area contributed by atoms with Crippen molar-refractivity contribution in [2.45, 2.75) is 121 Å². The van der Waals surface area contributed by atoms with Crippen molar-refractivity contribution in [2.24, 2.45) is 5.73 Å². The highest BCUT2D eigenvalue weighted by Gasteiger charge is 2.27. The Morgan fingerprint density at radius 1 is 0.821 bits per heavy atom. The third-order valence-corrected chi connectivity index (χ3v) is 7.05. The molecule has 1 aliphatic carbocycles. The lowest BCUT2D eigenvalue weighted by molar-refractivity contribution is 0.344. The van der Waals surface area contributed by atoms with Crippen LogP contribution in [0.25, 0.3) is 0 Å². The van der Waals surface area contributed by atoms with E-state index in [1.165, 1.54) is 88.2 Å². The first-order chi connectivity index (χ1) is 13.6. The average molecular weight is 387 g/mol. The van der Waals surface area contributed by atoms with Crippen LogP contribution in [0.4, 0.5) is 0 Å². The molecule has 2 rings (SSSR count). The molecule has 0 aliphatic heterocycles. The number of rotatable bonds is 13. The lowest BCUT2D eigenvalue weighted by Gasteiger charge is -2.32. The van der Waals surface area contributed by atoms with Crippen molar-refractivity contribution >= 4 is 0 Å². The molecule has 2 heteroatoms. The van der Waals surface area contributed by atoms with Crippen LogP contribution in [0.15, 0.2) is 24.3 Å². The van der Waals surface area contributed by atoms with Crippen LogP contribution < -0.4 is 11.1 Å². The van der Waals surface area contributed by atoms with Crippen molar-refractivity contribution < 1.29 is 0 Å². The molecule has 0 amide bonds. The van der Waals surface area contributed by atoms with Crippen LogP contribution in [0.5, 0.6) is 0 Å². The SMILES string of the molecule is CCCCCCC(N)(CCCCCC)c1ccc(C2CCC(NC)CC2)cc1. The van der Waals surface area contributed by atoms with Gasteiger partial charge in [-0.25, -0.2) is 0 Å². The lowest BCUT2D eigenvalue weighted by Crippen LogP contribution is -2.36. The molecule has 1 aromatic rings. The van der Waals surface area contributed by atoms with Crippen LogP contribution in [0.3, 0.4) is 0 Å². The summed E-state index contributed by atoms with van der Waals surface area (Å²) in [6.07, 6.45) is 17.9. The van der Waals surface area contributed by atoms with Gasteiger partial charge in [-0.2, -0.15) is 0 Å². The minimum atomic E-state index is -0.135. The lowest BCUT2D eigenvalue weighted by atomic mass is 9.78. The Labute approximate surface area is 175 Å². The first-order valence-electron chi connectivity index (χ1n) is 12.2. The van der Waals surface area contributed by atoms with Crippen LogP contribution in [-0.2, 0) is 5.54 Å². The van der Waals surface area contributed by atoms with Crippen molar-refractivity contribution in [3.63, 3.8) is 0 Å². The molecule has 0 bridgehead atoms. The molecule has 0 heterocycles. The molecule has 28 heavy (non-hydrogen) atoms. The van der Waals surface area contributed by atoms with E-state index < -0.39 is 0 Å². The highest BCUT2D eigenvalue weighted by molar-refractivity contribution is 5.30. The van der Waals surface area contributed by atoms with Crippen LogP contribution in [0, 0.1) is 0 Å². The third-order valence-electron chi connectivity index (χ3n) is 7.05. The summed E-state index contributed by atoms with van der Waals surface area (Å²) in [6.45, 7) is 4.56. The number of nitrogens with one attached hydrogen (secondary N) is 1. The van der Waals surface area contributed by atoms with Crippen molar-refractivity contribution in [3.8, 4) is 0 Å². The van der Waals surface area contributed by atoms with E-state index in [-0.39, 0.29) is 5.54 Å². The van der Waals surface area contributed by atoms with Gasteiger partial charge in [-0.3, -0.25) is 0 Å². The molecule has 0 radical (unpaired) electrons. The average Bonchev–Trinajstić information content (AvgIpc) is 2.74. The van der Waals surface area contributed by atoms with Gasteiger partial charge in [0.15, 0.2) is 0 Å². The van der Waals surface area contributed by atoms with Crippen LogP contribution in [0.2, 0.25) is 0 Å². The summed E-state index contributed by atoms with van der Waals surface area (Å²) in [6, 6.07) is 10.2. The minimum absolute atomic E-state index is 0.135. The van der Waals surface area contributed by atoms with E-state index in [0.717, 1.165) is 24.8 Å². The van der Waals surface area contributed by atoms with Crippen molar-refractivity contribution in [1.82, 2.24) is 5.32 Å². The Kier molecular flexibility index (Phi) is 10.6. The van der Waals surface area contributed by atoms with E-state index in [4.69, 9.17) is 5.73 Å². The van der Waals surface area contributed by atoms with Crippen LogP contribution >= 0.6 is 0 Å². The second kappa shape index (κ2) is 12.6. The fraction of sp³-hybridized carbons (Fsp3) is 0.769. The van der Waals surface area contributed by atoms with Gasteiger partial charge < -0.3 is 11.1 Å². The zero-order valence-electron chi connectivity index (χ0n) is 18.9. The maximum absolute atomic E-state index is 7.04. The number of unbranched alkanes of at least 4 members (excludes halogenated alkanes) is 6. The van der Waals surface area contributed by atoms with Gasteiger partial charge in [0.2, 0.25) is 0 Å². The van der Waals surface area contributed by atoms with Gasteiger partial charge in [0.1, 0.15) is 0 Å². The summed E-state index contributed by atoms with van der Waals surface area (Å²) in [5.41, 5.74) is 9.80. The highest BCUT2D eigenvalue weighted by atomic mass is 14.9.